The van der Waals surface area contributed by atoms with Gasteiger partial charge in [-0.25, -0.2) is 0 Å². The predicted molar refractivity (Wildman–Crippen MR) is 77.7 cm³/mol. The summed E-state index contributed by atoms with van der Waals surface area (Å²) in [5.41, 5.74) is 0. The van der Waals surface area contributed by atoms with E-state index in [4.69, 9.17) is 4.74 Å². The van der Waals surface area contributed by atoms with Gasteiger partial charge in [-0.1, -0.05) is 32.1 Å². The van der Waals surface area contributed by atoms with Gasteiger partial charge in [0.05, 0.1) is 6.61 Å². The Bertz CT molecular complexity index is 331. The minimum Gasteiger partial charge on any atom is -0.465 e. The molecule has 0 fully saturated rings. The highest BCUT2D eigenvalue weighted by molar-refractivity contribution is 5.98. The van der Waals surface area contributed by atoms with Crippen molar-refractivity contribution in [3.63, 3.8) is 0 Å². The number of hydrogen-bond donors (Lipinski definition) is 0. The lowest BCUT2D eigenvalue weighted by Crippen LogP contribution is -2.29. The summed E-state index contributed by atoms with van der Waals surface area (Å²) in [7, 11) is 0. The van der Waals surface area contributed by atoms with E-state index in [1.165, 1.54) is 6.92 Å². The lowest BCUT2D eigenvalue weighted by atomic mass is 9.89. The molecule has 0 amide bonds. The Labute approximate surface area is 116 Å². The van der Waals surface area contributed by atoms with E-state index in [-0.39, 0.29) is 11.7 Å². The number of carbonyl (C=O) groups excluding carboxylic acids is 2. The fraction of sp³-hybridized carbons (Fsp3) is 0.625. The third kappa shape index (κ3) is 6.94. The summed E-state index contributed by atoms with van der Waals surface area (Å²) >= 11 is 0. The van der Waals surface area contributed by atoms with Crippen LogP contribution < -0.4 is 0 Å². The molecule has 0 heterocycles. The van der Waals surface area contributed by atoms with Crippen molar-refractivity contribution in [3.8, 4) is 0 Å². The summed E-state index contributed by atoms with van der Waals surface area (Å²) in [5, 5.41) is 0. The molecule has 0 rings (SSSR count). The lowest BCUT2D eigenvalue weighted by molar-refractivity contribution is -0.152. The molecular weight excluding hydrogens is 240 g/mol. The molecule has 0 saturated heterocycles. The Hall–Kier alpha value is -1.38. The van der Waals surface area contributed by atoms with Gasteiger partial charge in [0.1, 0.15) is 11.7 Å². The van der Waals surface area contributed by atoms with E-state index in [0.29, 0.717) is 12.5 Å². The van der Waals surface area contributed by atoms with Crippen molar-refractivity contribution < 1.29 is 14.3 Å². The zero-order valence-electron chi connectivity index (χ0n) is 12.5. The van der Waals surface area contributed by atoms with E-state index in [1.807, 2.05) is 25.2 Å². The van der Waals surface area contributed by atoms with Gasteiger partial charge in [0.2, 0.25) is 0 Å². The standard InChI is InChI=1S/C16H26O3/c1-6-9-12(3)10-8-11-13(4)15(14(5)17)16(18)19-7-2/h6,8,11-13,15H,1,7,9-10H2,2-5H3. The van der Waals surface area contributed by atoms with E-state index in [1.54, 1.807) is 6.92 Å². The summed E-state index contributed by atoms with van der Waals surface area (Å²) in [6.45, 7) is 11.2. The van der Waals surface area contributed by atoms with Crippen molar-refractivity contribution in [1.29, 1.82) is 0 Å². The van der Waals surface area contributed by atoms with Crippen LogP contribution >= 0.6 is 0 Å². The molecule has 3 heteroatoms. The third-order valence-corrected chi connectivity index (χ3v) is 3.05. The minimum atomic E-state index is -0.689. The summed E-state index contributed by atoms with van der Waals surface area (Å²) in [5.74, 6) is -0.862. The SMILES string of the molecule is C=CCC(C)CC=CC(C)C(C(C)=O)C(=O)OCC. The van der Waals surface area contributed by atoms with E-state index in [9.17, 15) is 9.59 Å². The predicted octanol–water partition coefficient (Wildman–Crippen LogP) is 3.55. The molecule has 3 nitrogen and oxygen atoms in total. The molecule has 0 spiro atoms. The molecule has 0 aromatic carbocycles. The van der Waals surface area contributed by atoms with Crippen molar-refractivity contribution in [3.05, 3.63) is 24.8 Å². The van der Waals surface area contributed by atoms with Crippen LogP contribution in [0, 0.1) is 17.8 Å². The molecule has 19 heavy (non-hydrogen) atoms. The third-order valence-electron chi connectivity index (χ3n) is 3.05. The average Bonchev–Trinajstić information content (AvgIpc) is 2.29. The Morgan fingerprint density at radius 3 is 2.37 bits per heavy atom. The molecule has 0 N–H and O–H groups in total. The highest BCUT2D eigenvalue weighted by Crippen LogP contribution is 2.18. The number of hydrogen-bond acceptors (Lipinski definition) is 3. The Balaban J connectivity index is 4.52. The smallest absolute Gasteiger partial charge is 0.317 e. The average molecular weight is 266 g/mol. The molecule has 3 unspecified atom stereocenters. The van der Waals surface area contributed by atoms with Crippen LogP contribution in [0.5, 0.6) is 0 Å². The zero-order valence-corrected chi connectivity index (χ0v) is 12.5. The molecule has 0 saturated carbocycles. The van der Waals surface area contributed by atoms with Crippen LogP contribution in [0.3, 0.4) is 0 Å². The second kappa shape index (κ2) is 9.54. The first-order chi connectivity index (χ1) is 8.93. The monoisotopic (exact) mass is 266 g/mol. The van der Waals surface area contributed by atoms with Crippen molar-refractivity contribution in [1.82, 2.24) is 0 Å². The molecule has 0 radical (unpaired) electrons. The molecule has 3 atom stereocenters. The number of esters is 1. The van der Waals surface area contributed by atoms with Gasteiger partial charge in [-0.05, 0) is 38.5 Å². The number of Topliss-reactive ketones (excluding diaryl/α,β-unsaturated/α-hetero) is 1. The fourth-order valence-electron chi connectivity index (χ4n) is 2.00. The van der Waals surface area contributed by atoms with Crippen LogP contribution in [-0.2, 0) is 14.3 Å². The van der Waals surface area contributed by atoms with E-state index >= 15 is 0 Å². The van der Waals surface area contributed by atoms with Crippen molar-refractivity contribution in [2.75, 3.05) is 6.61 Å². The highest BCUT2D eigenvalue weighted by atomic mass is 16.5. The van der Waals surface area contributed by atoms with Crippen LogP contribution in [0.15, 0.2) is 24.8 Å². The van der Waals surface area contributed by atoms with Gasteiger partial charge in [-0.2, -0.15) is 0 Å². The van der Waals surface area contributed by atoms with Gasteiger partial charge < -0.3 is 4.74 Å². The molecular formula is C16H26O3. The Morgan fingerprint density at radius 1 is 1.26 bits per heavy atom. The molecule has 0 aliphatic heterocycles. The largest absolute Gasteiger partial charge is 0.465 e. The van der Waals surface area contributed by atoms with Gasteiger partial charge in [0, 0.05) is 0 Å². The topological polar surface area (TPSA) is 43.4 Å². The molecule has 0 aliphatic rings. The number of ketones is 1. The molecule has 0 aromatic heterocycles. The normalized spacial score (nSPS) is 15.8. The Kier molecular flexibility index (Phi) is 8.84. The molecule has 0 aliphatic carbocycles. The van der Waals surface area contributed by atoms with Crippen molar-refractivity contribution >= 4 is 11.8 Å². The van der Waals surface area contributed by atoms with Crippen molar-refractivity contribution in [2.45, 2.75) is 40.5 Å². The van der Waals surface area contributed by atoms with Crippen LogP contribution in [0.4, 0.5) is 0 Å². The van der Waals surface area contributed by atoms with E-state index in [2.05, 4.69) is 13.5 Å². The highest BCUT2D eigenvalue weighted by Gasteiger charge is 2.29. The van der Waals surface area contributed by atoms with Crippen LogP contribution in [0.1, 0.15) is 40.5 Å². The minimum absolute atomic E-state index is 0.132. The first-order valence-corrected chi connectivity index (χ1v) is 6.88. The maximum absolute atomic E-state index is 11.7. The maximum Gasteiger partial charge on any atom is 0.317 e. The first-order valence-electron chi connectivity index (χ1n) is 6.88. The summed E-state index contributed by atoms with van der Waals surface area (Å²) < 4.78 is 4.95. The van der Waals surface area contributed by atoms with Crippen LogP contribution in [-0.4, -0.2) is 18.4 Å². The lowest BCUT2D eigenvalue weighted by Gasteiger charge is -2.17. The van der Waals surface area contributed by atoms with E-state index < -0.39 is 11.9 Å². The molecule has 108 valence electrons. The first kappa shape index (κ1) is 17.6. The summed E-state index contributed by atoms with van der Waals surface area (Å²) in [6, 6.07) is 0. The number of carbonyl (C=O) groups is 2. The van der Waals surface area contributed by atoms with Gasteiger partial charge in [0.15, 0.2) is 0 Å². The molecule has 0 bridgehead atoms. The van der Waals surface area contributed by atoms with Crippen LogP contribution in [0.2, 0.25) is 0 Å². The second-order valence-electron chi connectivity index (χ2n) is 4.99. The van der Waals surface area contributed by atoms with Gasteiger partial charge in [-0.3, -0.25) is 9.59 Å². The summed E-state index contributed by atoms with van der Waals surface area (Å²) in [4.78, 5) is 23.3. The zero-order chi connectivity index (χ0) is 14.8. The van der Waals surface area contributed by atoms with E-state index in [0.717, 1.165) is 12.8 Å². The van der Waals surface area contributed by atoms with Crippen molar-refractivity contribution in [2.24, 2.45) is 17.8 Å². The number of rotatable bonds is 9. The second-order valence-corrected chi connectivity index (χ2v) is 4.99. The number of ether oxygens (including phenoxy) is 1. The van der Waals surface area contributed by atoms with Gasteiger partial charge in [-0.15, -0.1) is 6.58 Å². The van der Waals surface area contributed by atoms with Crippen LogP contribution in [0.25, 0.3) is 0 Å². The summed E-state index contributed by atoms with van der Waals surface area (Å²) in [6.07, 6.45) is 7.76. The van der Waals surface area contributed by atoms with Gasteiger partial charge >= 0.3 is 5.97 Å². The fourth-order valence-corrected chi connectivity index (χ4v) is 2.00. The number of allylic oxidation sites excluding steroid dienone is 3. The van der Waals surface area contributed by atoms with Gasteiger partial charge in [0.25, 0.3) is 0 Å². The molecule has 0 aromatic rings. The quantitative estimate of drug-likeness (QED) is 0.364. The Morgan fingerprint density at radius 2 is 1.89 bits per heavy atom. The maximum atomic E-state index is 11.7.